The number of aromatic amines is 1. The van der Waals surface area contributed by atoms with E-state index in [1.807, 2.05) is 0 Å². The average Bonchev–Trinajstić information content (AvgIpc) is 2.59. The third-order valence-electron chi connectivity index (χ3n) is 2.08. The van der Waals surface area contributed by atoms with Gasteiger partial charge in [0.2, 0.25) is 5.78 Å². The van der Waals surface area contributed by atoms with Crippen LogP contribution in [0.4, 0.5) is 0 Å². The van der Waals surface area contributed by atoms with Gasteiger partial charge in [0.05, 0.1) is 17.7 Å². The predicted octanol–water partition coefficient (Wildman–Crippen LogP) is -0.647. The average molecular weight is 208 g/mol. The summed E-state index contributed by atoms with van der Waals surface area (Å²) in [4.78, 5) is 26.3. The standard InChI is InChI=1S/C8H8N4O3/c1-4-5(2-6(13)14)7(15)12-3-9-11-8(12)10-4/h3H,2H2,1H3,(H,10,11)(H,13,14). The second-order valence-electron chi connectivity index (χ2n) is 3.10. The maximum absolute atomic E-state index is 11.7. The lowest BCUT2D eigenvalue weighted by Gasteiger charge is -2.01. The number of hydrogen-bond acceptors (Lipinski definition) is 4. The quantitative estimate of drug-likeness (QED) is 0.683. The van der Waals surface area contributed by atoms with Gasteiger partial charge < -0.3 is 5.11 Å². The number of H-pyrrole nitrogens is 1. The van der Waals surface area contributed by atoms with Crippen LogP contribution >= 0.6 is 0 Å². The van der Waals surface area contributed by atoms with Gasteiger partial charge in [0, 0.05) is 0 Å². The van der Waals surface area contributed by atoms with E-state index in [1.165, 1.54) is 10.7 Å². The Bertz CT molecular complexity index is 583. The van der Waals surface area contributed by atoms with E-state index in [1.54, 1.807) is 6.92 Å². The molecule has 2 rings (SSSR count). The number of carboxylic acids is 1. The number of aromatic nitrogens is 4. The first-order valence-corrected chi connectivity index (χ1v) is 4.22. The molecule has 78 valence electrons. The van der Waals surface area contributed by atoms with Crippen LogP contribution in [0.2, 0.25) is 0 Å². The second-order valence-corrected chi connectivity index (χ2v) is 3.10. The van der Waals surface area contributed by atoms with Gasteiger partial charge in [-0.15, -0.1) is 0 Å². The van der Waals surface area contributed by atoms with Crippen molar-refractivity contribution < 1.29 is 9.90 Å². The fraction of sp³-hybridized carbons (Fsp3) is 0.250. The number of fused-ring (bicyclic) bond motifs is 1. The Labute approximate surface area is 83.4 Å². The number of rotatable bonds is 2. The molecule has 0 aliphatic carbocycles. The molecule has 0 saturated heterocycles. The van der Waals surface area contributed by atoms with E-state index in [2.05, 4.69) is 15.2 Å². The number of nitrogens with one attached hydrogen (secondary N) is 1. The van der Waals surface area contributed by atoms with Gasteiger partial charge in [0.25, 0.3) is 5.56 Å². The number of hydrogen-bond donors (Lipinski definition) is 2. The lowest BCUT2D eigenvalue weighted by Crippen LogP contribution is -2.22. The molecule has 0 unspecified atom stereocenters. The number of carbonyl (C=O) groups is 1. The van der Waals surface area contributed by atoms with Crippen LogP contribution in [0.25, 0.3) is 5.78 Å². The van der Waals surface area contributed by atoms with Gasteiger partial charge in [-0.05, 0) is 6.92 Å². The molecule has 15 heavy (non-hydrogen) atoms. The van der Waals surface area contributed by atoms with Crippen LogP contribution in [0.3, 0.4) is 0 Å². The summed E-state index contributed by atoms with van der Waals surface area (Å²) in [5.74, 6) is -0.743. The third kappa shape index (κ3) is 1.47. The van der Waals surface area contributed by atoms with Crippen molar-refractivity contribution in [1.29, 1.82) is 0 Å². The van der Waals surface area contributed by atoms with Gasteiger partial charge in [-0.1, -0.05) is 0 Å². The molecule has 2 heterocycles. The number of aryl methyl sites for hydroxylation is 1. The molecule has 0 aliphatic heterocycles. The molecule has 2 N–H and O–H groups in total. The van der Waals surface area contributed by atoms with Crippen molar-refractivity contribution in [3.63, 3.8) is 0 Å². The molecule has 0 saturated carbocycles. The monoisotopic (exact) mass is 208 g/mol. The minimum Gasteiger partial charge on any atom is -0.481 e. The van der Waals surface area contributed by atoms with Crippen LogP contribution in [0.1, 0.15) is 11.3 Å². The van der Waals surface area contributed by atoms with Gasteiger partial charge in [-0.3, -0.25) is 9.59 Å². The van der Waals surface area contributed by atoms with E-state index in [9.17, 15) is 9.59 Å². The molecular weight excluding hydrogens is 200 g/mol. The normalized spacial score (nSPS) is 10.7. The topological polar surface area (TPSA) is 100 Å². The molecule has 2 aromatic rings. The fourth-order valence-electron chi connectivity index (χ4n) is 1.36. The number of aliphatic carboxylic acids is 1. The molecule has 0 spiro atoms. The maximum Gasteiger partial charge on any atom is 0.308 e. The van der Waals surface area contributed by atoms with E-state index < -0.39 is 11.5 Å². The van der Waals surface area contributed by atoms with Crippen molar-refractivity contribution in [2.24, 2.45) is 0 Å². The smallest absolute Gasteiger partial charge is 0.308 e. The van der Waals surface area contributed by atoms with Crippen molar-refractivity contribution in [3.05, 3.63) is 27.9 Å². The molecule has 0 amide bonds. The lowest BCUT2D eigenvalue weighted by molar-refractivity contribution is -0.136. The summed E-state index contributed by atoms with van der Waals surface area (Å²) in [6.07, 6.45) is 0.946. The van der Waals surface area contributed by atoms with Gasteiger partial charge in [0.1, 0.15) is 6.33 Å². The van der Waals surface area contributed by atoms with Crippen LogP contribution in [-0.2, 0) is 11.2 Å². The third-order valence-corrected chi connectivity index (χ3v) is 2.08. The molecule has 0 bridgehead atoms. The minimum atomic E-state index is -1.06. The minimum absolute atomic E-state index is 0.182. The summed E-state index contributed by atoms with van der Waals surface area (Å²) in [7, 11) is 0. The number of nitrogens with zero attached hydrogens (tertiary/aromatic N) is 3. The van der Waals surface area contributed by atoms with Crippen molar-refractivity contribution in [3.8, 4) is 0 Å². The Balaban J connectivity index is 2.72. The maximum atomic E-state index is 11.7. The summed E-state index contributed by atoms with van der Waals surface area (Å²) in [6, 6.07) is 0. The van der Waals surface area contributed by atoms with Crippen LogP contribution in [-0.4, -0.2) is 30.7 Å². The number of carboxylic acid groups (broad SMARTS) is 1. The predicted molar refractivity (Wildman–Crippen MR) is 49.7 cm³/mol. The molecular formula is C8H8N4O3. The van der Waals surface area contributed by atoms with Gasteiger partial charge in [0.15, 0.2) is 0 Å². The molecule has 0 radical (unpaired) electrons. The summed E-state index contributed by atoms with van der Waals surface area (Å²) in [5, 5.41) is 14.8. The van der Waals surface area contributed by atoms with Gasteiger partial charge in [-0.25, -0.2) is 14.5 Å². The zero-order valence-corrected chi connectivity index (χ0v) is 7.89. The molecule has 0 aliphatic rings. The molecule has 0 fully saturated rings. The van der Waals surface area contributed by atoms with Crippen LogP contribution in [0, 0.1) is 6.92 Å². The Morgan fingerprint density at radius 3 is 3.07 bits per heavy atom. The Morgan fingerprint density at radius 2 is 2.40 bits per heavy atom. The van der Waals surface area contributed by atoms with E-state index >= 15 is 0 Å². The summed E-state index contributed by atoms with van der Waals surface area (Å²) in [5.41, 5.74) is 0.196. The molecule has 7 heteroatoms. The van der Waals surface area contributed by atoms with E-state index in [-0.39, 0.29) is 12.0 Å². The highest BCUT2D eigenvalue weighted by Gasteiger charge is 2.13. The fourth-order valence-corrected chi connectivity index (χ4v) is 1.36. The van der Waals surface area contributed by atoms with Crippen LogP contribution in [0.5, 0.6) is 0 Å². The Hall–Kier alpha value is -2.18. The van der Waals surface area contributed by atoms with E-state index in [0.717, 1.165) is 0 Å². The van der Waals surface area contributed by atoms with Crippen molar-refractivity contribution >= 4 is 11.7 Å². The summed E-state index contributed by atoms with van der Waals surface area (Å²) >= 11 is 0. The second kappa shape index (κ2) is 3.19. The summed E-state index contributed by atoms with van der Waals surface area (Å²) in [6.45, 7) is 1.60. The largest absolute Gasteiger partial charge is 0.481 e. The van der Waals surface area contributed by atoms with Crippen LogP contribution in [0.15, 0.2) is 11.1 Å². The first-order chi connectivity index (χ1) is 7.09. The Kier molecular flexibility index (Phi) is 2.00. The van der Waals surface area contributed by atoms with Crippen LogP contribution < -0.4 is 5.56 Å². The Morgan fingerprint density at radius 1 is 1.67 bits per heavy atom. The lowest BCUT2D eigenvalue weighted by atomic mass is 10.2. The highest BCUT2D eigenvalue weighted by atomic mass is 16.4. The molecule has 0 atom stereocenters. The molecule has 0 aromatic carbocycles. The molecule has 2 aromatic heterocycles. The van der Waals surface area contributed by atoms with E-state index in [0.29, 0.717) is 11.5 Å². The summed E-state index contributed by atoms with van der Waals surface area (Å²) < 4.78 is 1.19. The first kappa shape index (κ1) is 9.38. The highest BCUT2D eigenvalue weighted by Crippen LogP contribution is 2.01. The highest BCUT2D eigenvalue weighted by molar-refractivity contribution is 5.70. The van der Waals surface area contributed by atoms with Crippen molar-refractivity contribution in [2.45, 2.75) is 13.3 Å². The van der Waals surface area contributed by atoms with Crippen molar-refractivity contribution in [2.75, 3.05) is 0 Å². The van der Waals surface area contributed by atoms with Gasteiger partial charge in [-0.2, -0.15) is 5.10 Å². The zero-order valence-electron chi connectivity index (χ0n) is 7.89. The van der Waals surface area contributed by atoms with Gasteiger partial charge >= 0.3 is 5.97 Å². The van der Waals surface area contributed by atoms with E-state index in [4.69, 9.17) is 5.11 Å². The molecule has 7 nitrogen and oxygen atoms in total. The van der Waals surface area contributed by atoms with Crippen molar-refractivity contribution in [1.82, 2.24) is 19.6 Å². The zero-order chi connectivity index (χ0) is 11.0. The SMILES string of the molecule is Cc1nc2[nH]ncn2c(=O)c1CC(=O)O. The first-order valence-electron chi connectivity index (χ1n) is 4.22.